The second-order valence-electron chi connectivity index (χ2n) is 5.47. The highest BCUT2D eigenvalue weighted by Gasteiger charge is 2.30. The number of aromatic nitrogens is 3. The van der Waals surface area contributed by atoms with Gasteiger partial charge in [-0.1, -0.05) is 23.7 Å². The standard InChI is InChI=1S/C17H14ClN3O/c18-12-3-1-2-11(6-12)17(22)7-15-13-4-5-19-8-14(13)16-9-20-10-21(15)16/h1-6,8-10,15,17,22H,7H2. The molecular formula is C17H14ClN3O. The third-order valence-electron chi connectivity index (χ3n) is 4.17. The molecule has 3 aromatic rings. The molecule has 4 rings (SSSR count). The maximum Gasteiger partial charge on any atom is 0.0956 e. The van der Waals surface area contributed by atoms with Gasteiger partial charge in [0.2, 0.25) is 0 Å². The molecule has 0 bridgehead atoms. The molecule has 110 valence electrons. The van der Waals surface area contributed by atoms with Gasteiger partial charge in [-0.15, -0.1) is 0 Å². The molecule has 0 fully saturated rings. The molecule has 2 aromatic heterocycles. The summed E-state index contributed by atoms with van der Waals surface area (Å²) < 4.78 is 2.10. The van der Waals surface area contributed by atoms with Crippen molar-refractivity contribution >= 4 is 11.6 Å². The first-order chi connectivity index (χ1) is 10.7. The second-order valence-corrected chi connectivity index (χ2v) is 5.91. The monoisotopic (exact) mass is 311 g/mol. The molecule has 1 aliphatic rings. The average Bonchev–Trinajstić information content (AvgIpc) is 3.10. The molecule has 0 radical (unpaired) electrons. The smallest absolute Gasteiger partial charge is 0.0956 e. The Hall–Kier alpha value is -2.17. The largest absolute Gasteiger partial charge is 0.388 e. The summed E-state index contributed by atoms with van der Waals surface area (Å²) in [6.07, 6.45) is 7.28. The average molecular weight is 312 g/mol. The lowest BCUT2D eigenvalue weighted by molar-refractivity contribution is 0.154. The topological polar surface area (TPSA) is 50.9 Å². The summed E-state index contributed by atoms with van der Waals surface area (Å²) in [5, 5.41) is 11.2. The molecule has 0 saturated carbocycles. The minimum absolute atomic E-state index is 0.0597. The van der Waals surface area contributed by atoms with Crippen LogP contribution in [-0.2, 0) is 0 Å². The van der Waals surface area contributed by atoms with Crippen molar-refractivity contribution in [1.82, 2.24) is 14.5 Å². The zero-order valence-electron chi connectivity index (χ0n) is 11.7. The summed E-state index contributed by atoms with van der Waals surface area (Å²) in [5.74, 6) is 0. The Morgan fingerprint density at radius 1 is 1.23 bits per heavy atom. The highest BCUT2D eigenvalue weighted by Crippen LogP contribution is 2.42. The van der Waals surface area contributed by atoms with Gasteiger partial charge < -0.3 is 9.67 Å². The van der Waals surface area contributed by atoms with Crippen LogP contribution in [0.3, 0.4) is 0 Å². The van der Waals surface area contributed by atoms with E-state index < -0.39 is 6.10 Å². The van der Waals surface area contributed by atoms with E-state index in [9.17, 15) is 5.11 Å². The molecule has 0 spiro atoms. The summed E-state index contributed by atoms with van der Waals surface area (Å²) in [5.41, 5.74) is 4.14. The molecule has 2 atom stereocenters. The van der Waals surface area contributed by atoms with Crippen molar-refractivity contribution in [1.29, 1.82) is 0 Å². The lowest BCUT2D eigenvalue weighted by Gasteiger charge is -2.19. The maximum atomic E-state index is 10.6. The zero-order chi connectivity index (χ0) is 15.1. The van der Waals surface area contributed by atoms with Crippen molar-refractivity contribution in [2.24, 2.45) is 0 Å². The van der Waals surface area contributed by atoms with Crippen LogP contribution in [0.25, 0.3) is 11.3 Å². The first-order valence-electron chi connectivity index (χ1n) is 7.13. The molecule has 3 heterocycles. The quantitative estimate of drug-likeness (QED) is 0.803. The van der Waals surface area contributed by atoms with Crippen LogP contribution in [0.15, 0.2) is 55.2 Å². The van der Waals surface area contributed by atoms with Crippen LogP contribution in [0.4, 0.5) is 0 Å². The lowest BCUT2D eigenvalue weighted by atomic mass is 9.97. The van der Waals surface area contributed by atoms with Gasteiger partial charge in [-0.2, -0.15) is 0 Å². The summed E-state index contributed by atoms with van der Waals surface area (Å²) in [4.78, 5) is 8.42. The van der Waals surface area contributed by atoms with E-state index in [0.29, 0.717) is 11.4 Å². The molecule has 0 saturated heterocycles. The van der Waals surface area contributed by atoms with Crippen LogP contribution in [0.1, 0.15) is 29.7 Å². The van der Waals surface area contributed by atoms with E-state index in [1.807, 2.05) is 49.1 Å². The SMILES string of the molecule is OC(CC1c2ccncc2-c2cncn21)c1cccc(Cl)c1. The Bertz CT molecular complexity index is 830. The number of nitrogens with zero attached hydrogens (tertiary/aromatic N) is 3. The summed E-state index contributed by atoms with van der Waals surface area (Å²) >= 11 is 6.02. The number of imidazole rings is 1. The zero-order valence-corrected chi connectivity index (χ0v) is 12.5. The minimum Gasteiger partial charge on any atom is -0.388 e. The number of rotatable bonds is 3. The second kappa shape index (κ2) is 5.23. The fourth-order valence-electron chi connectivity index (χ4n) is 3.12. The van der Waals surface area contributed by atoms with Crippen LogP contribution < -0.4 is 0 Å². The van der Waals surface area contributed by atoms with E-state index in [4.69, 9.17) is 11.6 Å². The van der Waals surface area contributed by atoms with E-state index in [1.54, 1.807) is 6.20 Å². The van der Waals surface area contributed by atoms with Crippen molar-refractivity contribution in [3.05, 3.63) is 71.4 Å². The predicted octanol–water partition coefficient (Wildman–Crippen LogP) is 3.63. The van der Waals surface area contributed by atoms with Crippen LogP contribution in [0.5, 0.6) is 0 Å². The Morgan fingerprint density at radius 3 is 3.00 bits per heavy atom. The molecule has 22 heavy (non-hydrogen) atoms. The Labute approximate surface area is 133 Å². The van der Waals surface area contributed by atoms with Gasteiger partial charge in [0.15, 0.2) is 0 Å². The fourth-order valence-corrected chi connectivity index (χ4v) is 3.32. The molecule has 2 unspecified atom stereocenters. The van der Waals surface area contributed by atoms with Crippen molar-refractivity contribution in [3.63, 3.8) is 0 Å². The normalized spacial score (nSPS) is 17.1. The van der Waals surface area contributed by atoms with Crippen LogP contribution in [-0.4, -0.2) is 19.6 Å². The number of aliphatic hydroxyl groups is 1. The van der Waals surface area contributed by atoms with Gasteiger partial charge in [-0.3, -0.25) is 4.98 Å². The lowest BCUT2D eigenvalue weighted by Crippen LogP contribution is -2.10. The molecule has 1 N–H and O–H groups in total. The summed E-state index contributed by atoms with van der Waals surface area (Å²) in [6.45, 7) is 0. The molecule has 1 aromatic carbocycles. The number of pyridine rings is 1. The summed E-state index contributed by atoms with van der Waals surface area (Å²) in [7, 11) is 0. The van der Waals surface area contributed by atoms with Gasteiger partial charge >= 0.3 is 0 Å². The van der Waals surface area contributed by atoms with Gasteiger partial charge in [0.1, 0.15) is 0 Å². The first-order valence-corrected chi connectivity index (χ1v) is 7.51. The van der Waals surface area contributed by atoms with E-state index in [-0.39, 0.29) is 6.04 Å². The van der Waals surface area contributed by atoms with Crippen molar-refractivity contribution < 1.29 is 5.11 Å². The highest BCUT2D eigenvalue weighted by atomic mass is 35.5. The fraction of sp³-hybridized carbons (Fsp3) is 0.176. The molecule has 1 aliphatic heterocycles. The molecule has 0 aliphatic carbocycles. The first kappa shape index (κ1) is 13.5. The highest BCUT2D eigenvalue weighted by molar-refractivity contribution is 6.30. The molecule has 4 nitrogen and oxygen atoms in total. The van der Waals surface area contributed by atoms with Crippen molar-refractivity contribution in [2.75, 3.05) is 0 Å². The number of hydrogen-bond donors (Lipinski definition) is 1. The van der Waals surface area contributed by atoms with E-state index >= 15 is 0 Å². The number of fused-ring (bicyclic) bond motifs is 3. The van der Waals surface area contributed by atoms with Crippen LogP contribution >= 0.6 is 11.6 Å². The van der Waals surface area contributed by atoms with E-state index in [0.717, 1.165) is 16.8 Å². The predicted molar refractivity (Wildman–Crippen MR) is 84.6 cm³/mol. The Balaban J connectivity index is 1.69. The number of halogens is 1. The summed E-state index contributed by atoms with van der Waals surface area (Å²) in [6, 6.07) is 9.44. The van der Waals surface area contributed by atoms with Gasteiger partial charge in [0.25, 0.3) is 0 Å². The van der Waals surface area contributed by atoms with Crippen LogP contribution in [0.2, 0.25) is 5.02 Å². The number of benzene rings is 1. The Morgan fingerprint density at radius 2 is 2.14 bits per heavy atom. The van der Waals surface area contributed by atoms with Gasteiger partial charge in [-0.25, -0.2) is 4.98 Å². The molecular weight excluding hydrogens is 298 g/mol. The third-order valence-corrected chi connectivity index (χ3v) is 4.41. The Kier molecular flexibility index (Phi) is 3.21. The minimum atomic E-state index is -0.585. The van der Waals surface area contributed by atoms with E-state index in [2.05, 4.69) is 14.5 Å². The van der Waals surface area contributed by atoms with Crippen LogP contribution in [0, 0.1) is 0 Å². The van der Waals surface area contributed by atoms with Gasteiger partial charge in [-0.05, 0) is 29.3 Å². The van der Waals surface area contributed by atoms with Crippen molar-refractivity contribution in [2.45, 2.75) is 18.6 Å². The van der Waals surface area contributed by atoms with Crippen molar-refractivity contribution in [3.8, 4) is 11.3 Å². The maximum absolute atomic E-state index is 10.6. The molecule has 5 heteroatoms. The van der Waals surface area contributed by atoms with Gasteiger partial charge in [0, 0.05) is 29.4 Å². The molecule has 0 amide bonds. The van der Waals surface area contributed by atoms with Gasteiger partial charge in [0.05, 0.1) is 30.4 Å². The third kappa shape index (κ3) is 2.12. The number of aliphatic hydroxyl groups excluding tert-OH is 1. The number of hydrogen-bond acceptors (Lipinski definition) is 3. The van der Waals surface area contributed by atoms with E-state index in [1.165, 1.54) is 5.56 Å².